The smallest absolute Gasteiger partial charge is 0.191 e. The van der Waals surface area contributed by atoms with Crippen molar-refractivity contribution in [2.24, 2.45) is 10.9 Å². The van der Waals surface area contributed by atoms with E-state index in [9.17, 15) is 0 Å². The van der Waals surface area contributed by atoms with Crippen LogP contribution in [0.5, 0.6) is 0 Å². The van der Waals surface area contributed by atoms with E-state index in [2.05, 4.69) is 41.4 Å². The number of hydrogen-bond donors (Lipinski definition) is 3. The molecular weight excluding hydrogens is 435 g/mol. The highest BCUT2D eigenvalue weighted by molar-refractivity contribution is 14.0. The average molecular weight is 468 g/mol. The fourth-order valence-corrected chi connectivity index (χ4v) is 3.26. The van der Waals surface area contributed by atoms with Crippen molar-refractivity contribution in [1.29, 1.82) is 0 Å². The molecule has 0 amide bonds. The number of aliphatic hydroxyl groups excluding tert-OH is 1. The number of aryl methyl sites for hydroxylation is 1. The summed E-state index contributed by atoms with van der Waals surface area (Å²) in [5.74, 6) is 1.32. The quantitative estimate of drug-likeness (QED) is 0.265. The number of aliphatic imine (C=N–C) groups is 1. The zero-order valence-corrected chi connectivity index (χ0v) is 18.3. The number of nitrogens with zero attached hydrogens (tertiary/aromatic N) is 2. The molecule has 0 saturated carbocycles. The minimum Gasteiger partial charge on any atom is -0.396 e. The Balaban J connectivity index is 0.00000529. The molecule has 0 aromatic carbocycles. The second-order valence-electron chi connectivity index (χ2n) is 5.64. The van der Waals surface area contributed by atoms with Crippen molar-refractivity contribution >= 4 is 41.3 Å². The van der Waals surface area contributed by atoms with Crippen molar-refractivity contribution < 1.29 is 5.11 Å². The maximum atomic E-state index is 9.14. The van der Waals surface area contributed by atoms with Crippen LogP contribution < -0.4 is 10.6 Å². The normalized spacial score (nSPS) is 12.6. The molecule has 0 radical (unpaired) electrons. The van der Waals surface area contributed by atoms with E-state index in [1.165, 1.54) is 9.88 Å². The molecule has 0 aliphatic heterocycles. The van der Waals surface area contributed by atoms with E-state index in [4.69, 9.17) is 5.11 Å². The SMILES string of the molecule is CCCC(CCO)CN=C(NCC)NCCc1ncc(CC)s1.I. The lowest BCUT2D eigenvalue weighted by Gasteiger charge is -2.15. The predicted octanol–water partition coefficient (Wildman–Crippen LogP) is 3.22. The van der Waals surface area contributed by atoms with Crippen molar-refractivity contribution in [1.82, 2.24) is 15.6 Å². The van der Waals surface area contributed by atoms with Gasteiger partial charge in [-0.3, -0.25) is 4.99 Å². The number of rotatable bonds is 11. The maximum absolute atomic E-state index is 9.14. The summed E-state index contributed by atoms with van der Waals surface area (Å²) in [5, 5.41) is 17.0. The van der Waals surface area contributed by atoms with E-state index in [-0.39, 0.29) is 30.6 Å². The zero-order chi connectivity index (χ0) is 16.9. The Hall–Kier alpha value is -0.410. The lowest BCUT2D eigenvalue weighted by molar-refractivity contribution is 0.253. The van der Waals surface area contributed by atoms with Crippen LogP contribution in [0.3, 0.4) is 0 Å². The molecule has 0 bridgehead atoms. The first-order valence-electron chi connectivity index (χ1n) is 8.80. The van der Waals surface area contributed by atoms with Crippen molar-refractivity contribution in [2.45, 2.75) is 52.9 Å². The predicted molar refractivity (Wildman–Crippen MR) is 115 cm³/mol. The third-order valence-corrected chi connectivity index (χ3v) is 4.87. The summed E-state index contributed by atoms with van der Waals surface area (Å²) < 4.78 is 0. The Morgan fingerprint density at radius 2 is 2.08 bits per heavy atom. The topological polar surface area (TPSA) is 69.5 Å². The highest BCUT2D eigenvalue weighted by atomic mass is 127. The van der Waals surface area contributed by atoms with Crippen molar-refractivity contribution in [3.8, 4) is 0 Å². The van der Waals surface area contributed by atoms with Gasteiger partial charge in [0.1, 0.15) is 0 Å². The Labute approximate surface area is 167 Å². The second-order valence-corrected chi connectivity index (χ2v) is 6.84. The molecule has 1 atom stereocenters. The van der Waals surface area contributed by atoms with E-state index in [0.29, 0.717) is 5.92 Å². The Kier molecular flexibility index (Phi) is 14.6. The molecule has 1 aromatic rings. The van der Waals surface area contributed by atoms with E-state index >= 15 is 0 Å². The van der Waals surface area contributed by atoms with Gasteiger partial charge in [-0.25, -0.2) is 4.98 Å². The number of aliphatic hydroxyl groups is 1. The molecular formula is C17H33IN4OS. The molecule has 0 aliphatic rings. The van der Waals surface area contributed by atoms with Crippen LogP contribution in [0.1, 0.15) is 49.9 Å². The molecule has 0 aliphatic carbocycles. The Bertz CT molecular complexity index is 448. The van der Waals surface area contributed by atoms with Gasteiger partial charge in [0, 0.05) is 43.7 Å². The van der Waals surface area contributed by atoms with Crippen LogP contribution in [-0.4, -0.2) is 42.3 Å². The van der Waals surface area contributed by atoms with Crippen LogP contribution in [0.2, 0.25) is 0 Å². The highest BCUT2D eigenvalue weighted by Gasteiger charge is 2.07. The monoisotopic (exact) mass is 468 g/mol. The lowest BCUT2D eigenvalue weighted by atomic mass is 10.0. The van der Waals surface area contributed by atoms with Crippen LogP contribution in [0.25, 0.3) is 0 Å². The van der Waals surface area contributed by atoms with E-state index in [1.807, 2.05) is 6.20 Å². The minimum absolute atomic E-state index is 0. The Morgan fingerprint density at radius 3 is 2.67 bits per heavy atom. The second kappa shape index (κ2) is 14.9. The molecule has 5 nitrogen and oxygen atoms in total. The molecule has 0 saturated heterocycles. The van der Waals surface area contributed by atoms with Crippen LogP contribution in [0.4, 0.5) is 0 Å². The molecule has 140 valence electrons. The van der Waals surface area contributed by atoms with Gasteiger partial charge in [-0.05, 0) is 32.1 Å². The molecule has 1 heterocycles. The summed E-state index contributed by atoms with van der Waals surface area (Å²) in [6, 6.07) is 0. The summed E-state index contributed by atoms with van der Waals surface area (Å²) in [4.78, 5) is 10.5. The van der Waals surface area contributed by atoms with Gasteiger partial charge in [0.15, 0.2) is 5.96 Å². The molecule has 7 heteroatoms. The molecule has 3 N–H and O–H groups in total. The van der Waals surface area contributed by atoms with Crippen molar-refractivity contribution in [3.05, 3.63) is 16.1 Å². The summed E-state index contributed by atoms with van der Waals surface area (Å²) in [6.07, 6.45) is 7.03. The summed E-state index contributed by atoms with van der Waals surface area (Å²) in [5.41, 5.74) is 0. The maximum Gasteiger partial charge on any atom is 0.191 e. The number of aromatic nitrogens is 1. The first-order chi connectivity index (χ1) is 11.2. The molecule has 24 heavy (non-hydrogen) atoms. The number of nitrogens with one attached hydrogen (secondary N) is 2. The molecule has 0 spiro atoms. The molecule has 1 rings (SSSR count). The lowest BCUT2D eigenvalue weighted by Crippen LogP contribution is -2.38. The van der Waals surface area contributed by atoms with Crippen molar-refractivity contribution in [2.75, 3.05) is 26.2 Å². The minimum atomic E-state index is 0. The summed E-state index contributed by atoms with van der Waals surface area (Å²) in [6.45, 7) is 9.10. The van der Waals surface area contributed by atoms with Gasteiger partial charge < -0.3 is 15.7 Å². The van der Waals surface area contributed by atoms with Crippen LogP contribution in [0.15, 0.2) is 11.2 Å². The van der Waals surface area contributed by atoms with Crippen LogP contribution in [0, 0.1) is 5.92 Å². The molecule has 1 aromatic heterocycles. The third-order valence-electron chi connectivity index (χ3n) is 3.67. The fraction of sp³-hybridized carbons (Fsp3) is 0.765. The van der Waals surface area contributed by atoms with Crippen molar-refractivity contribution in [3.63, 3.8) is 0 Å². The highest BCUT2D eigenvalue weighted by Crippen LogP contribution is 2.13. The largest absolute Gasteiger partial charge is 0.396 e. The third kappa shape index (κ3) is 9.78. The van der Waals surface area contributed by atoms with E-state index in [1.54, 1.807) is 11.3 Å². The van der Waals surface area contributed by atoms with Gasteiger partial charge in [0.2, 0.25) is 0 Å². The number of hydrogen-bond acceptors (Lipinski definition) is 4. The number of halogens is 1. The molecule has 1 unspecified atom stereocenters. The first kappa shape index (κ1) is 23.6. The van der Waals surface area contributed by atoms with Gasteiger partial charge >= 0.3 is 0 Å². The van der Waals surface area contributed by atoms with Gasteiger partial charge in [0.05, 0.1) is 5.01 Å². The summed E-state index contributed by atoms with van der Waals surface area (Å²) >= 11 is 1.79. The zero-order valence-electron chi connectivity index (χ0n) is 15.2. The van der Waals surface area contributed by atoms with Crippen LogP contribution in [-0.2, 0) is 12.8 Å². The Morgan fingerprint density at radius 1 is 1.29 bits per heavy atom. The van der Waals surface area contributed by atoms with Gasteiger partial charge in [-0.2, -0.15) is 0 Å². The van der Waals surface area contributed by atoms with Gasteiger partial charge in [0.25, 0.3) is 0 Å². The number of guanidine groups is 1. The number of thiazole rings is 1. The van der Waals surface area contributed by atoms with Gasteiger partial charge in [-0.1, -0.05) is 20.3 Å². The van der Waals surface area contributed by atoms with Gasteiger partial charge in [-0.15, -0.1) is 35.3 Å². The van der Waals surface area contributed by atoms with Crippen LogP contribution >= 0.6 is 35.3 Å². The standard InChI is InChI=1S/C17H32N4OS.HI/c1-4-7-14(9-11-22)12-21-17(18-6-3)19-10-8-16-20-13-15(5-2)23-16;/h13-14,22H,4-12H2,1-3H3,(H2,18,19,21);1H. The summed E-state index contributed by atoms with van der Waals surface area (Å²) in [7, 11) is 0. The fourth-order valence-electron chi connectivity index (χ4n) is 2.39. The van der Waals surface area contributed by atoms with E-state index < -0.39 is 0 Å². The first-order valence-corrected chi connectivity index (χ1v) is 9.61. The average Bonchev–Trinajstić information content (AvgIpc) is 3.01. The van der Waals surface area contributed by atoms with E-state index in [0.717, 1.165) is 57.7 Å². The molecule has 0 fully saturated rings.